The van der Waals surface area contributed by atoms with Crippen molar-refractivity contribution in [2.45, 2.75) is 19.8 Å². The topological polar surface area (TPSA) is 70.2 Å². The molecule has 1 atom stereocenters. The number of carbonyl (C=O) groups excluding carboxylic acids is 2. The lowest BCUT2D eigenvalue weighted by Crippen LogP contribution is -2.19. The predicted octanol–water partition coefficient (Wildman–Crippen LogP) is 4.02. The Balaban J connectivity index is 1.75. The van der Waals surface area contributed by atoms with Gasteiger partial charge >= 0.3 is 6.03 Å². The fourth-order valence-electron chi connectivity index (χ4n) is 2.84. The van der Waals surface area contributed by atoms with Gasteiger partial charge in [-0.3, -0.25) is 4.79 Å². The average molecular weight is 309 g/mol. The third-order valence-corrected chi connectivity index (χ3v) is 3.88. The van der Waals surface area contributed by atoms with Crippen molar-refractivity contribution in [1.29, 1.82) is 0 Å². The SMILES string of the molecule is CC(C)C1C(=O)Nc2ccc(NC(=O)Nc3ccccc3)cc21. The number of rotatable bonds is 3. The van der Waals surface area contributed by atoms with Crippen LogP contribution in [-0.4, -0.2) is 11.9 Å². The Labute approximate surface area is 135 Å². The first-order chi connectivity index (χ1) is 11.0. The molecular weight excluding hydrogens is 290 g/mol. The van der Waals surface area contributed by atoms with Crippen molar-refractivity contribution in [2.75, 3.05) is 16.0 Å². The molecule has 0 aliphatic carbocycles. The lowest BCUT2D eigenvalue weighted by molar-refractivity contribution is -0.117. The molecule has 0 bridgehead atoms. The lowest BCUT2D eigenvalue weighted by Gasteiger charge is -2.14. The summed E-state index contributed by atoms with van der Waals surface area (Å²) in [6.45, 7) is 4.03. The Kier molecular flexibility index (Phi) is 4.02. The number of hydrogen-bond acceptors (Lipinski definition) is 2. The number of urea groups is 1. The van der Waals surface area contributed by atoms with Gasteiger partial charge < -0.3 is 16.0 Å². The third-order valence-electron chi connectivity index (χ3n) is 3.88. The highest BCUT2D eigenvalue weighted by Crippen LogP contribution is 2.38. The summed E-state index contributed by atoms with van der Waals surface area (Å²) < 4.78 is 0. The van der Waals surface area contributed by atoms with E-state index in [1.54, 1.807) is 6.07 Å². The van der Waals surface area contributed by atoms with Crippen molar-refractivity contribution in [3.05, 3.63) is 54.1 Å². The van der Waals surface area contributed by atoms with Crippen LogP contribution in [0.15, 0.2) is 48.5 Å². The molecule has 2 aromatic carbocycles. The van der Waals surface area contributed by atoms with Crippen LogP contribution >= 0.6 is 0 Å². The average Bonchev–Trinajstić information content (AvgIpc) is 2.83. The van der Waals surface area contributed by atoms with Gasteiger partial charge in [0.25, 0.3) is 0 Å². The van der Waals surface area contributed by atoms with Gasteiger partial charge in [0.05, 0.1) is 5.92 Å². The van der Waals surface area contributed by atoms with Crippen molar-refractivity contribution in [3.8, 4) is 0 Å². The van der Waals surface area contributed by atoms with E-state index in [-0.39, 0.29) is 23.8 Å². The molecular formula is C18H19N3O2. The Morgan fingerprint density at radius 2 is 1.74 bits per heavy atom. The maximum absolute atomic E-state index is 12.1. The molecule has 5 nitrogen and oxygen atoms in total. The molecule has 1 heterocycles. The molecule has 23 heavy (non-hydrogen) atoms. The molecule has 0 aromatic heterocycles. The molecule has 0 spiro atoms. The summed E-state index contributed by atoms with van der Waals surface area (Å²) in [7, 11) is 0. The zero-order chi connectivity index (χ0) is 16.4. The Bertz CT molecular complexity index is 741. The molecule has 1 unspecified atom stereocenters. The van der Waals surface area contributed by atoms with E-state index < -0.39 is 0 Å². The zero-order valence-corrected chi connectivity index (χ0v) is 13.1. The molecule has 3 amide bonds. The van der Waals surface area contributed by atoms with E-state index in [0.29, 0.717) is 5.69 Å². The summed E-state index contributed by atoms with van der Waals surface area (Å²) in [5.74, 6) is 0.0365. The number of nitrogens with one attached hydrogen (secondary N) is 3. The highest BCUT2D eigenvalue weighted by Gasteiger charge is 2.32. The Hall–Kier alpha value is -2.82. The smallest absolute Gasteiger partial charge is 0.323 e. The molecule has 3 rings (SSSR count). The van der Waals surface area contributed by atoms with E-state index in [2.05, 4.69) is 16.0 Å². The van der Waals surface area contributed by atoms with Crippen molar-refractivity contribution in [3.63, 3.8) is 0 Å². The molecule has 118 valence electrons. The van der Waals surface area contributed by atoms with Crippen LogP contribution in [-0.2, 0) is 4.79 Å². The zero-order valence-electron chi connectivity index (χ0n) is 13.1. The third kappa shape index (κ3) is 3.18. The number of benzene rings is 2. The van der Waals surface area contributed by atoms with Gasteiger partial charge in [-0.1, -0.05) is 32.0 Å². The first-order valence-corrected chi connectivity index (χ1v) is 7.62. The van der Waals surface area contributed by atoms with Crippen molar-refractivity contribution in [1.82, 2.24) is 0 Å². The first-order valence-electron chi connectivity index (χ1n) is 7.62. The van der Waals surface area contributed by atoms with Crippen molar-refractivity contribution < 1.29 is 9.59 Å². The summed E-state index contributed by atoms with van der Waals surface area (Å²) in [5.41, 5.74) is 3.15. The van der Waals surface area contributed by atoms with Gasteiger partial charge in [-0.2, -0.15) is 0 Å². The van der Waals surface area contributed by atoms with Crippen molar-refractivity contribution >= 4 is 29.0 Å². The minimum atomic E-state index is -0.311. The molecule has 5 heteroatoms. The maximum Gasteiger partial charge on any atom is 0.323 e. The minimum Gasteiger partial charge on any atom is -0.325 e. The number of fused-ring (bicyclic) bond motifs is 1. The van der Waals surface area contributed by atoms with Crippen LogP contribution in [0.3, 0.4) is 0 Å². The number of amides is 3. The summed E-state index contributed by atoms with van der Waals surface area (Å²) in [6, 6.07) is 14.4. The fraction of sp³-hybridized carbons (Fsp3) is 0.222. The Morgan fingerprint density at radius 3 is 2.43 bits per heavy atom. The normalized spacial score (nSPS) is 16.0. The highest BCUT2D eigenvalue weighted by molar-refractivity contribution is 6.04. The second-order valence-corrected chi connectivity index (χ2v) is 5.96. The van der Waals surface area contributed by atoms with Gasteiger partial charge in [0.2, 0.25) is 5.91 Å². The Morgan fingerprint density at radius 1 is 1.04 bits per heavy atom. The van der Waals surface area contributed by atoms with E-state index >= 15 is 0 Å². The molecule has 1 aliphatic heterocycles. The van der Waals surface area contributed by atoms with Crippen LogP contribution in [0.4, 0.5) is 21.9 Å². The minimum absolute atomic E-state index is 0.0147. The van der Waals surface area contributed by atoms with Gasteiger partial charge in [0.1, 0.15) is 0 Å². The van der Waals surface area contributed by atoms with Gasteiger partial charge in [0, 0.05) is 17.1 Å². The first kappa shape index (κ1) is 15.1. The van der Waals surface area contributed by atoms with E-state index in [4.69, 9.17) is 0 Å². The molecule has 0 radical (unpaired) electrons. The monoisotopic (exact) mass is 309 g/mol. The molecule has 0 fully saturated rings. The number of para-hydroxylation sites is 1. The molecule has 3 N–H and O–H groups in total. The van der Waals surface area contributed by atoms with E-state index in [0.717, 1.165) is 16.9 Å². The second-order valence-electron chi connectivity index (χ2n) is 5.96. The number of anilines is 3. The molecule has 0 saturated heterocycles. The van der Waals surface area contributed by atoms with Gasteiger partial charge in [-0.25, -0.2) is 4.79 Å². The summed E-state index contributed by atoms with van der Waals surface area (Å²) in [6.07, 6.45) is 0. The molecule has 0 saturated carbocycles. The van der Waals surface area contributed by atoms with Crippen LogP contribution in [0.25, 0.3) is 0 Å². The van der Waals surface area contributed by atoms with Gasteiger partial charge in [0.15, 0.2) is 0 Å². The van der Waals surface area contributed by atoms with Gasteiger partial charge in [-0.05, 0) is 41.8 Å². The van der Waals surface area contributed by atoms with Crippen LogP contribution in [0.2, 0.25) is 0 Å². The van der Waals surface area contributed by atoms with Crippen LogP contribution < -0.4 is 16.0 Å². The largest absolute Gasteiger partial charge is 0.325 e. The van der Waals surface area contributed by atoms with Crippen LogP contribution in [0.5, 0.6) is 0 Å². The number of hydrogen-bond donors (Lipinski definition) is 3. The fourth-order valence-corrected chi connectivity index (χ4v) is 2.84. The quantitative estimate of drug-likeness (QED) is 0.801. The van der Waals surface area contributed by atoms with Gasteiger partial charge in [-0.15, -0.1) is 0 Å². The lowest BCUT2D eigenvalue weighted by atomic mass is 9.89. The standard InChI is InChI=1S/C18H19N3O2/c1-11(2)16-14-10-13(8-9-15(14)21-17(16)22)20-18(23)19-12-6-4-3-5-7-12/h3-11,16H,1-2H3,(H,21,22)(H2,19,20,23). The summed E-state index contributed by atoms with van der Waals surface area (Å²) in [5, 5.41) is 8.46. The van der Waals surface area contributed by atoms with Crippen LogP contribution in [0, 0.1) is 5.92 Å². The number of carbonyl (C=O) groups is 2. The maximum atomic E-state index is 12.1. The predicted molar refractivity (Wildman–Crippen MR) is 91.7 cm³/mol. The summed E-state index contributed by atoms with van der Waals surface area (Å²) >= 11 is 0. The van der Waals surface area contributed by atoms with E-state index in [1.165, 1.54) is 0 Å². The van der Waals surface area contributed by atoms with Crippen LogP contribution in [0.1, 0.15) is 25.3 Å². The van der Waals surface area contributed by atoms with E-state index in [9.17, 15) is 9.59 Å². The summed E-state index contributed by atoms with van der Waals surface area (Å²) in [4.78, 5) is 24.1. The molecule has 2 aromatic rings. The van der Waals surface area contributed by atoms with E-state index in [1.807, 2.05) is 56.3 Å². The second kappa shape index (κ2) is 6.12. The molecule has 1 aliphatic rings. The van der Waals surface area contributed by atoms with Crippen molar-refractivity contribution in [2.24, 2.45) is 5.92 Å². The highest BCUT2D eigenvalue weighted by atomic mass is 16.2.